The van der Waals surface area contributed by atoms with Crippen molar-refractivity contribution in [3.8, 4) is 0 Å². The second-order valence-corrected chi connectivity index (χ2v) is 1.34. The van der Waals surface area contributed by atoms with Crippen molar-refractivity contribution in [1.82, 2.24) is 5.32 Å². The molecular weight excluding hydrogens is 154 g/mol. The molecule has 0 heterocycles. The third kappa shape index (κ3) is 51.4. The molecule has 0 saturated heterocycles. The molecule has 62 valence electrons. The molecule has 0 unspecified atom stereocenters. The van der Waals surface area contributed by atoms with Crippen LogP contribution in [0.1, 0.15) is 6.92 Å². The fourth-order valence-corrected chi connectivity index (χ4v) is 0.143. The van der Waals surface area contributed by atoms with Crippen LogP contribution in [0.4, 0.5) is 0 Å². The highest BCUT2D eigenvalue weighted by Crippen LogP contribution is 1.65. The molecule has 0 radical (unpaired) electrons. The van der Waals surface area contributed by atoms with E-state index in [1.54, 1.807) is 6.92 Å². The van der Waals surface area contributed by atoms with Crippen molar-refractivity contribution < 1.29 is 9.90 Å². The highest BCUT2D eigenvalue weighted by molar-refractivity contribution is 5.85. The first-order valence-electron chi connectivity index (χ1n) is 2.63. The molecule has 0 saturated carbocycles. The summed E-state index contributed by atoms with van der Waals surface area (Å²) in [4.78, 5) is 9.51. The Kier molecular flexibility index (Phi) is 25.6. The number of carboxylic acids is 1. The molecule has 0 aromatic carbocycles. The third-order valence-corrected chi connectivity index (χ3v) is 0.309. The number of halogens is 1. The van der Waals surface area contributed by atoms with Gasteiger partial charge in [-0.2, -0.15) is 0 Å². The number of allylic oxidation sites excluding steroid dienone is 1. The maximum absolute atomic E-state index is 9.51. The summed E-state index contributed by atoms with van der Waals surface area (Å²) in [6.45, 7) is 1.66. The summed E-state index contributed by atoms with van der Waals surface area (Å²) < 4.78 is 0. The smallest absolute Gasteiger partial charge is 0.327 e. The van der Waals surface area contributed by atoms with Gasteiger partial charge in [0.05, 0.1) is 0 Å². The molecule has 0 aromatic rings. The van der Waals surface area contributed by atoms with Gasteiger partial charge in [-0.15, -0.1) is 12.4 Å². The van der Waals surface area contributed by atoms with Crippen molar-refractivity contribution in [2.45, 2.75) is 6.92 Å². The van der Waals surface area contributed by atoms with Crippen LogP contribution in [0.5, 0.6) is 0 Å². The molecule has 0 aromatic heterocycles. The Morgan fingerprint density at radius 2 is 1.80 bits per heavy atom. The number of aliphatic carboxylic acids is 1. The lowest BCUT2D eigenvalue weighted by Crippen LogP contribution is -1.89. The average Bonchev–Trinajstić information content (AvgIpc) is 1.67. The van der Waals surface area contributed by atoms with E-state index < -0.39 is 5.97 Å². The van der Waals surface area contributed by atoms with Crippen LogP contribution in [0, 0.1) is 0 Å². The summed E-state index contributed by atoms with van der Waals surface area (Å²) in [7, 11) is 3.75. The zero-order valence-electron chi connectivity index (χ0n) is 6.42. The van der Waals surface area contributed by atoms with Gasteiger partial charge in [0.2, 0.25) is 0 Å². The number of rotatable bonds is 1. The van der Waals surface area contributed by atoms with E-state index in [1.165, 1.54) is 6.08 Å². The molecule has 0 fully saturated rings. The van der Waals surface area contributed by atoms with Gasteiger partial charge in [0.15, 0.2) is 0 Å². The minimum atomic E-state index is -0.891. The van der Waals surface area contributed by atoms with Gasteiger partial charge >= 0.3 is 5.97 Å². The van der Waals surface area contributed by atoms with Crippen molar-refractivity contribution in [2.75, 3.05) is 14.1 Å². The molecule has 0 atom stereocenters. The largest absolute Gasteiger partial charge is 0.478 e. The van der Waals surface area contributed by atoms with E-state index in [-0.39, 0.29) is 12.4 Å². The Morgan fingerprint density at radius 3 is 1.80 bits per heavy atom. The molecule has 0 aliphatic rings. The number of nitrogens with one attached hydrogen (secondary N) is 1. The van der Waals surface area contributed by atoms with E-state index in [4.69, 9.17) is 5.11 Å². The fraction of sp³-hybridized carbons (Fsp3) is 0.500. The first kappa shape index (κ1) is 16.2. The van der Waals surface area contributed by atoms with Gasteiger partial charge in [0.25, 0.3) is 0 Å². The lowest BCUT2D eigenvalue weighted by Gasteiger charge is -1.68. The Hall–Kier alpha value is -0.540. The number of carboxylic acid groups (broad SMARTS) is 1. The minimum absolute atomic E-state index is 0. The molecule has 4 heteroatoms. The predicted molar refractivity (Wildman–Crippen MR) is 44.7 cm³/mol. The maximum Gasteiger partial charge on any atom is 0.327 e. The van der Waals surface area contributed by atoms with Crippen LogP contribution in [0.3, 0.4) is 0 Å². The summed E-state index contributed by atoms with van der Waals surface area (Å²) >= 11 is 0. The Morgan fingerprint density at radius 1 is 1.50 bits per heavy atom. The highest BCUT2D eigenvalue weighted by Gasteiger charge is 1.76. The first-order chi connectivity index (χ1) is 4.18. The van der Waals surface area contributed by atoms with Gasteiger partial charge in [0.1, 0.15) is 0 Å². The van der Waals surface area contributed by atoms with Gasteiger partial charge in [-0.05, 0) is 21.0 Å². The van der Waals surface area contributed by atoms with Crippen molar-refractivity contribution in [2.24, 2.45) is 0 Å². The van der Waals surface area contributed by atoms with Gasteiger partial charge in [0, 0.05) is 6.08 Å². The summed E-state index contributed by atoms with van der Waals surface area (Å²) in [5.41, 5.74) is 0. The van der Waals surface area contributed by atoms with Gasteiger partial charge in [-0.25, -0.2) is 4.79 Å². The quantitative estimate of drug-likeness (QED) is 0.571. The van der Waals surface area contributed by atoms with Crippen molar-refractivity contribution >= 4 is 18.4 Å². The van der Waals surface area contributed by atoms with Crippen LogP contribution in [-0.4, -0.2) is 25.2 Å². The SMILES string of the molecule is C/C=C/C(=O)O.CNC.Cl. The second-order valence-electron chi connectivity index (χ2n) is 1.34. The maximum atomic E-state index is 9.51. The number of hydrogen-bond acceptors (Lipinski definition) is 2. The normalized spacial score (nSPS) is 7.50. The van der Waals surface area contributed by atoms with Crippen molar-refractivity contribution in [3.63, 3.8) is 0 Å². The Balaban J connectivity index is -0.000000107. The van der Waals surface area contributed by atoms with Crippen LogP contribution >= 0.6 is 12.4 Å². The van der Waals surface area contributed by atoms with Crippen molar-refractivity contribution in [1.29, 1.82) is 0 Å². The number of hydrogen-bond donors (Lipinski definition) is 2. The van der Waals surface area contributed by atoms with E-state index in [0.29, 0.717) is 0 Å². The van der Waals surface area contributed by atoms with Gasteiger partial charge < -0.3 is 10.4 Å². The van der Waals surface area contributed by atoms with Gasteiger partial charge in [-0.3, -0.25) is 0 Å². The molecule has 0 rings (SSSR count). The molecule has 2 N–H and O–H groups in total. The standard InChI is InChI=1S/C4H6O2.C2H7N.ClH/c1-2-3-4(5)6;1-3-2;/h2-3H,1H3,(H,5,6);3H,1-2H3;1H/b3-2+;;. The van der Waals surface area contributed by atoms with E-state index in [2.05, 4.69) is 5.32 Å². The highest BCUT2D eigenvalue weighted by atomic mass is 35.5. The molecule has 0 amide bonds. The van der Waals surface area contributed by atoms with Crippen molar-refractivity contribution in [3.05, 3.63) is 12.2 Å². The molecule has 0 bridgehead atoms. The fourth-order valence-electron chi connectivity index (χ4n) is 0.143. The van der Waals surface area contributed by atoms with Crippen LogP contribution in [0.15, 0.2) is 12.2 Å². The summed E-state index contributed by atoms with van der Waals surface area (Å²) in [6, 6.07) is 0. The summed E-state index contributed by atoms with van der Waals surface area (Å²) in [5, 5.41) is 10.6. The summed E-state index contributed by atoms with van der Waals surface area (Å²) in [6.07, 6.45) is 2.56. The second kappa shape index (κ2) is 15.8. The molecule has 0 spiro atoms. The van der Waals surface area contributed by atoms with E-state index in [0.717, 1.165) is 6.08 Å². The molecule has 10 heavy (non-hydrogen) atoms. The monoisotopic (exact) mass is 167 g/mol. The third-order valence-electron chi connectivity index (χ3n) is 0.309. The zero-order valence-corrected chi connectivity index (χ0v) is 7.23. The molecule has 0 aliphatic heterocycles. The Labute approximate surface area is 67.5 Å². The van der Waals surface area contributed by atoms with Gasteiger partial charge in [-0.1, -0.05) is 6.08 Å². The minimum Gasteiger partial charge on any atom is -0.478 e. The van der Waals surface area contributed by atoms with Crippen LogP contribution in [0.2, 0.25) is 0 Å². The van der Waals surface area contributed by atoms with E-state index in [1.807, 2.05) is 14.1 Å². The van der Waals surface area contributed by atoms with Crippen LogP contribution < -0.4 is 5.32 Å². The van der Waals surface area contributed by atoms with Crippen LogP contribution in [0.25, 0.3) is 0 Å². The predicted octanol–water partition coefficient (Wildman–Crippen LogP) is 0.905. The lowest BCUT2D eigenvalue weighted by atomic mass is 10.5. The number of carbonyl (C=O) groups is 1. The average molecular weight is 168 g/mol. The molecule has 0 aliphatic carbocycles. The first-order valence-corrected chi connectivity index (χ1v) is 2.63. The lowest BCUT2D eigenvalue weighted by molar-refractivity contribution is -0.131. The molecular formula is C6H14ClNO2. The Bertz CT molecular complexity index is 93.7. The summed E-state index contributed by atoms with van der Waals surface area (Å²) in [5.74, 6) is -0.891. The van der Waals surface area contributed by atoms with E-state index in [9.17, 15) is 4.79 Å². The zero-order chi connectivity index (χ0) is 7.70. The topological polar surface area (TPSA) is 49.3 Å². The molecule has 3 nitrogen and oxygen atoms in total. The van der Waals surface area contributed by atoms with E-state index >= 15 is 0 Å². The van der Waals surface area contributed by atoms with Crippen LogP contribution in [-0.2, 0) is 4.79 Å².